The molecule has 0 atom stereocenters. The van der Waals surface area contributed by atoms with Gasteiger partial charge in [-0.05, 0) is 37.8 Å². The maximum Gasteiger partial charge on any atom is 0.254 e. The standard InChI is InChI=1S/C32H56N2O2/c1-5-9-13-19-25-33(26-20-14-10-6-2)31(35)29-23-17-18-24-30(29)32(36)34(27-21-15-11-7-3)28-22-16-12-8-4/h17-18,23-24H,5-16,19-22,25-28H2,1-4H3. The molecule has 1 aromatic rings. The van der Waals surface area contributed by atoms with Crippen molar-refractivity contribution >= 4 is 11.8 Å². The van der Waals surface area contributed by atoms with Gasteiger partial charge in [-0.25, -0.2) is 0 Å². The van der Waals surface area contributed by atoms with Crippen molar-refractivity contribution in [1.82, 2.24) is 9.80 Å². The van der Waals surface area contributed by atoms with Crippen LogP contribution in [0.3, 0.4) is 0 Å². The van der Waals surface area contributed by atoms with Crippen LogP contribution in [0.4, 0.5) is 0 Å². The monoisotopic (exact) mass is 500 g/mol. The minimum Gasteiger partial charge on any atom is -0.339 e. The maximum atomic E-state index is 13.8. The van der Waals surface area contributed by atoms with E-state index in [0.29, 0.717) is 11.1 Å². The van der Waals surface area contributed by atoms with Crippen molar-refractivity contribution in [3.05, 3.63) is 35.4 Å². The number of hydrogen-bond acceptors (Lipinski definition) is 2. The summed E-state index contributed by atoms with van der Waals surface area (Å²) in [4.78, 5) is 31.6. The molecular formula is C32H56N2O2. The highest BCUT2D eigenvalue weighted by Crippen LogP contribution is 2.18. The van der Waals surface area contributed by atoms with Gasteiger partial charge in [-0.2, -0.15) is 0 Å². The van der Waals surface area contributed by atoms with Gasteiger partial charge in [-0.15, -0.1) is 0 Å². The topological polar surface area (TPSA) is 40.6 Å². The average molecular weight is 501 g/mol. The summed E-state index contributed by atoms with van der Waals surface area (Å²) in [6.07, 6.45) is 18.3. The third kappa shape index (κ3) is 12.9. The molecular weight excluding hydrogens is 444 g/mol. The summed E-state index contributed by atoms with van der Waals surface area (Å²) < 4.78 is 0. The van der Waals surface area contributed by atoms with Gasteiger partial charge in [0.2, 0.25) is 0 Å². The van der Waals surface area contributed by atoms with Gasteiger partial charge in [0.15, 0.2) is 0 Å². The Balaban J connectivity index is 3.03. The van der Waals surface area contributed by atoms with Crippen molar-refractivity contribution < 1.29 is 9.59 Å². The molecule has 0 fully saturated rings. The van der Waals surface area contributed by atoms with E-state index in [2.05, 4.69) is 27.7 Å². The van der Waals surface area contributed by atoms with E-state index in [0.717, 1.165) is 77.5 Å². The Morgan fingerprint density at radius 1 is 0.472 bits per heavy atom. The molecule has 1 aromatic carbocycles. The van der Waals surface area contributed by atoms with Crippen LogP contribution in [0.2, 0.25) is 0 Å². The highest BCUT2D eigenvalue weighted by molar-refractivity contribution is 6.07. The number of rotatable bonds is 22. The lowest BCUT2D eigenvalue weighted by Crippen LogP contribution is -2.37. The molecule has 36 heavy (non-hydrogen) atoms. The minimum atomic E-state index is 0.0314. The van der Waals surface area contributed by atoms with Crippen LogP contribution >= 0.6 is 0 Å². The molecule has 206 valence electrons. The van der Waals surface area contributed by atoms with E-state index in [4.69, 9.17) is 0 Å². The second-order valence-electron chi connectivity index (χ2n) is 10.4. The lowest BCUT2D eigenvalue weighted by molar-refractivity contribution is 0.0710. The van der Waals surface area contributed by atoms with E-state index in [1.165, 1.54) is 51.4 Å². The molecule has 0 radical (unpaired) electrons. The van der Waals surface area contributed by atoms with Crippen LogP contribution in [-0.2, 0) is 0 Å². The first-order valence-electron chi connectivity index (χ1n) is 15.3. The second kappa shape index (κ2) is 21.3. The zero-order valence-corrected chi connectivity index (χ0v) is 24.2. The third-order valence-electron chi connectivity index (χ3n) is 7.09. The number of benzene rings is 1. The SMILES string of the molecule is CCCCCCN(CCCCCC)C(=O)c1ccccc1C(=O)N(CCCCCC)CCCCCC. The molecule has 1 rings (SSSR count). The molecule has 0 aliphatic carbocycles. The number of carbonyl (C=O) groups excluding carboxylic acids is 2. The van der Waals surface area contributed by atoms with Crippen molar-refractivity contribution in [2.45, 2.75) is 130 Å². The predicted octanol–water partition coefficient (Wildman–Crippen LogP) is 8.89. The highest BCUT2D eigenvalue weighted by Gasteiger charge is 2.24. The number of amides is 2. The summed E-state index contributed by atoms with van der Waals surface area (Å²) in [5.74, 6) is 0.0627. The van der Waals surface area contributed by atoms with Crippen molar-refractivity contribution in [3.8, 4) is 0 Å². The number of hydrogen-bond donors (Lipinski definition) is 0. The third-order valence-corrected chi connectivity index (χ3v) is 7.09. The highest BCUT2D eigenvalue weighted by atomic mass is 16.2. The maximum absolute atomic E-state index is 13.8. The lowest BCUT2D eigenvalue weighted by Gasteiger charge is -2.27. The summed E-state index contributed by atoms with van der Waals surface area (Å²) in [6, 6.07) is 7.55. The summed E-state index contributed by atoms with van der Waals surface area (Å²) in [5, 5.41) is 0. The van der Waals surface area contributed by atoms with Crippen molar-refractivity contribution in [1.29, 1.82) is 0 Å². The van der Waals surface area contributed by atoms with Crippen LogP contribution in [0.5, 0.6) is 0 Å². The van der Waals surface area contributed by atoms with Crippen molar-refractivity contribution in [2.24, 2.45) is 0 Å². The van der Waals surface area contributed by atoms with Gasteiger partial charge in [-0.1, -0.05) is 117 Å². The predicted molar refractivity (Wildman–Crippen MR) is 155 cm³/mol. The fourth-order valence-electron chi connectivity index (χ4n) is 4.74. The molecule has 0 unspecified atom stereocenters. The molecule has 0 saturated heterocycles. The zero-order valence-electron chi connectivity index (χ0n) is 24.2. The van der Waals surface area contributed by atoms with Crippen LogP contribution in [0.15, 0.2) is 24.3 Å². The van der Waals surface area contributed by atoms with Gasteiger partial charge in [0.25, 0.3) is 11.8 Å². The Bertz CT molecular complexity index is 620. The van der Waals surface area contributed by atoms with Gasteiger partial charge in [0.1, 0.15) is 0 Å². The molecule has 0 aliphatic rings. The summed E-state index contributed by atoms with van der Waals surface area (Å²) >= 11 is 0. The van der Waals surface area contributed by atoms with Crippen LogP contribution in [-0.4, -0.2) is 47.8 Å². The smallest absolute Gasteiger partial charge is 0.254 e. The Hall–Kier alpha value is -1.84. The molecule has 0 saturated carbocycles. The summed E-state index contributed by atoms with van der Waals surface area (Å²) in [7, 11) is 0. The van der Waals surface area contributed by atoms with Crippen LogP contribution in [0.25, 0.3) is 0 Å². The largest absolute Gasteiger partial charge is 0.339 e. The molecule has 0 bridgehead atoms. The Labute approximate surface area is 223 Å². The Kier molecular flexibility index (Phi) is 19.0. The van der Waals surface area contributed by atoms with E-state index in [1.807, 2.05) is 34.1 Å². The van der Waals surface area contributed by atoms with E-state index in [9.17, 15) is 9.59 Å². The number of carbonyl (C=O) groups is 2. The van der Waals surface area contributed by atoms with E-state index in [-0.39, 0.29) is 11.8 Å². The first-order valence-corrected chi connectivity index (χ1v) is 15.3. The van der Waals surface area contributed by atoms with E-state index in [1.54, 1.807) is 0 Å². The molecule has 0 aromatic heterocycles. The second-order valence-corrected chi connectivity index (χ2v) is 10.4. The van der Waals surface area contributed by atoms with Crippen LogP contribution < -0.4 is 0 Å². The van der Waals surface area contributed by atoms with Gasteiger partial charge < -0.3 is 9.80 Å². The van der Waals surface area contributed by atoms with Gasteiger partial charge in [-0.3, -0.25) is 9.59 Å². The molecule has 2 amide bonds. The van der Waals surface area contributed by atoms with Crippen molar-refractivity contribution in [2.75, 3.05) is 26.2 Å². The minimum absolute atomic E-state index is 0.0314. The van der Waals surface area contributed by atoms with Gasteiger partial charge >= 0.3 is 0 Å². The molecule has 4 heteroatoms. The van der Waals surface area contributed by atoms with Crippen LogP contribution in [0, 0.1) is 0 Å². The molecule has 4 nitrogen and oxygen atoms in total. The van der Waals surface area contributed by atoms with Crippen molar-refractivity contribution in [3.63, 3.8) is 0 Å². The Morgan fingerprint density at radius 2 is 0.750 bits per heavy atom. The fraction of sp³-hybridized carbons (Fsp3) is 0.750. The summed E-state index contributed by atoms with van der Waals surface area (Å²) in [6.45, 7) is 12.0. The van der Waals surface area contributed by atoms with Crippen LogP contribution in [0.1, 0.15) is 151 Å². The molecule has 0 N–H and O–H groups in total. The first-order chi connectivity index (χ1) is 17.6. The first kappa shape index (κ1) is 32.2. The molecule has 0 heterocycles. The lowest BCUT2D eigenvalue weighted by atomic mass is 10.0. The quantitative estimate of drug-likeness (QED) is 0.149. The number of unbranched alkanes of at least 4 members (excludes halogenated alkanes) is 12. The molecule has 0 aliphatic heterocycles. The zero-order chi connectivity index (χ0) is 26.4. The summed E-state index contributed by atoms with van der Waals surface area (Å²) in [5.41, 5.74) is 1.17. The average Bonchev–Trinajstić information content (AvgIpc) is 2.90. The fourth-order valence-corrected chi connectivity index (χ4v) is 4.74. The van der Waals surface area contributed by atoms with E-state index >= 15 is 0 Å². The van der Waals surface area contributed by atoms with Gasteiger partial charge in [0, 0.05) is 26.2 Å². The van der Waals surface area contributed by atoms with E-state index < -0.39 is 0 Å². The Morgan fingerprint density at radius 3 is 1.00 bits per heavy atom. The normalized spacial score (nSPS) is 11.0. The molecule has 0 spiro atoms. The number of nitrogens with zero attached hydrogens (tertiary/aromatic N) is 2. The van der Waals surface area contributed by atoms with Gasteiger partial charge in [0.05, 0.1) is 11.1 Å².